The Labute approximate surface area is 132 Å². The number of carbonyl (C=O) groups excluding carboxylic acids is 1. The van der Waals surface area contributed by atoms with Gasteiger partial charge in [0.15, 0.2) is 0 Å². The third-order valence-electron chi connectivity index (χ3n) is 3.74. The first-order valence-electron chi connectivity index (χ1n) is 6.81. The molecular formula is C15H14ClN3OS. The minimum Gasteiger partial charge on any atom is -0.348 e. The number of para-hydroxylation sites is 1. The molecule has 0 bridgehead atoms. The molecular weight excluding hydrogens is 306 g/mol. The number of rotatable bonds is 2. The van der Waals surface area contributed by atoms with Gasteiger partial charge in [-0.15, -0.1) is 0 Å². The van der Waals surface area contributed by atoms with Gasteiger partial charge in [-0.1, -0.05) is 48.3 Å². The van der Waals surface area contributed by atoms with E-state index in [0.717, 1.165) is 25.7 Å². The summed E-state index contributed by atoms with van der Waals surface area (Å²) < 4.78 is 0. The summed E-state index contributed by atoms with van der Waals surface area (Å²) in [6.45, 7) is 0. The van der Waals surface area contributed by atoms with E-state index in [1.165, 1.54) is 11.8 Å². The normalized spacial score (nSPS) is 20.3. The second kappa shape index (κ2) is 5.63. The van der Waals surface area contributed by atoms with E-state index in [1.54, 1.807) is 6.07 Å². The lowest BCUT2D eigenvalue weighted by Crippen LogP contribution is -2.47. The third kappa shape index (κ3) is 2.74. The molecule has 1 spiro atoms. The number of benzene rings is 1. The lowest BCUT2D eigenvalue weighted by atomic mass is 10.2. The average Bonchev–Trinajstić information content (AvgIpc) is 2.89. The smallest absolute Gasteiger partial charge is 0.265 e. The first-order valence-corrected chi connectivity index (χ1v) is 8.00. The fourth-order valence-corrected chi connectivity index (χ4v) is 4.30. The number of nitriles is 1. The van der Waals surface area contributed by atoms with Crippen molar-refractivity contribution in [1.29, 1.82) is 5.26 Å². The summed E-state index contributed by atoms with van der Waals surface area (Å²) in [5.74, 6) is -0.298. The molecule has 1 heterocycles. The summed E-state index contributed by atoms with van der Waals surface area (Å²) in [5.41, 5.74) is 0.828. The predicted molar refractivity (Wildman–Crippen MR) is 84.6 cm³/mol. The van der Waals surface area contributed by atoms with Gasteiger partial charge in [-0.05, 0) is 25.0 Å². The predicted octanol–water partition coefficient (Wildman–Crippen LogP) is 3.62. The van der Waals surface area contributed by atoms with Crippen LogP contribution < -0.4 is 10.6 Å². The van der Waals surface area contributed by atoms with Gasteiger partial charge in [-0.25, -0.2) is 0 Å². The Morgan fingerprint density at radius 2 is 2.05 bits per heavy atom. The summed E-state index contributed by atoms with van der Waals surface area (Å²) in [5, 5.41) is 16.6. The number of amides is 1. The number of nitrogens with zero attached hydrogens (tertiary/aromatic N) is 1. The lowest BCUT2D eigenvalue weighted by Gasteiger charge is -2.34. The van der Waals surface area contributed by atoms with Crippen molar-refractivity contribution in [3.63, 3.8) is 0 Å². The Balaban J connectivity index is 1.95. The van der Waals surface area contributed by atoms with E-state index < -0.39 is 0 Å². The Morgan fingerprint density at radius 1 is 1.33 bits per heavy atom. The third-order valence-corrected chi connectivity index (χ3v) is 5.48. The SMILES string of the molecule is N#CC1=C(Nc2ccccc2Cl)SC2(CCCC2)NC1=O. The first kappa shape index (κ1) is 14.3. The number of hydrogen-bond acceptors (Lipinski definition) is 4. The summed E-state index contributed by atoms with van der Waals surface area (Å²) in [6, 6.07) is 9.30. The van der Waals surface area contributed by atoms with E-state index in [9.17, 15) is 10.1 Å². The average molecular weight is 320 g/mol. The highest BCUT2D eigenvalue weighted by Crippen LogP contribution is 2.46. The fraction of sp³-hybridized carbons (Fsp3) is 0.333. The second-order valence-electron chi connectivity index (χ2n) is 5.18. The molecule has 6 heteroatoms. The van der Waals surface area contributed by atoms with Crippen LogP contribution >= 0.6 is 23.4 Å². The van der Waals surface area contributed by atoms with Crippen molar-refractivity contribution < 1.29 is 4.79 Å². The van der Waals surface area contributed by atoms with Crippen LogP contribution in [0, 0.1) is 11.3 Å². The monoisotopic (exact) mass is 319 g/mol. The van der Waals surface area contributed by atoms with Crippen LogP contribution in [0.25, 0.3) is 0 Å². The van der Waals surface area contributed by atoms with E-state index in [4.69, 9.17) is 11.6 Å². The van der Waals surface area contributed by atoms with Crippen LogP contribution in [-0.2, 0) is 4.79 Å². The van der Waals surface area contributed by atoms with E-state index >= 15 is 0 Å². The Morgan fingerprint density at radius 3 is 2.71 bits per heavy atom. The summed E-state index contributed by atoms with van der Waals surface area (Å²) >= 11 is 7.68. The Bertz CT molecular complexity index is 659. The van der Waals surface area contributed by atoms with Crippen molar-refractivity contribution in [2.45, 2.75) is 30.6 Å². The van der Waals surface area contributed by atoms with Crippen LogP contribution in [0.3, 0.4) is 0 Å². The van der Waals surface area contributed by atoms with Crippen molar-refractivity contribution >= 4 is 35.0 Å². The summed E-state index contributed by atoms with van der Waals surface area (Å²) in [4.78, 5) is 11.9. The zero-order valence-electron chi connectivity index (χ0n) is 11.3. The lowest BCUT2D eigenvalue weighted by molar-refractivity contribution is -0.118. The zero-order valence-corrected chi connectivity index (χ0v) is 12.9. The van der Waals surface area contributed by atoms with Gasteiger partial charge in [-0.3, -0.25) is 4.79 Å². The van der Waals surface area contributed by atoms with Gasteiger partial charge in [0.2, 0.25) is 0 Å². The first-order chi connectivity index (χ1) is 10.1. The molecule has 21 heavy (non-hydrogen) atoms. The zero-order chi connectivity index (χ0) is 14.9. The van der Waals surface area contributed by atoms with Crippen LogP contribution in [-0.4, -0.2) is 10.8 Å². The van der Waals surface area contributed by atoms with Crippen LogP contribution in [0.4, 0.5) is 5.69 Å². The van der Waals surface area contributed by atoms with Gasteiger partial charge in [0.25, 0.3) is 5.91 Å². The van der Waals surface area contributed by atoms with Crippen molar-refractivity contribution in [1.82, 2.24) is 5.32 Å². The molecule has 1 amide bonds. The minimum atomic E-state index is -0.298. The van der Waals surface area contributed by atoms with Gasteiger partial charge in [-0.2, -0.15) is 5.26 Å². The Kier molecular flexibility index (Phi) is 3.83. The topological polar surface area (TPSA) is 64.9 Å². The Hall–Kier alpha value is -1.64. The van der Waals surface area contributed by atoms with Crippen molar-refractivity contribution in [2.24, 2.45) is 0 Å². The van der Waals surface area contributed by atoms with Crippen LogP contribution in [0.1, 0.15) is 25.7 Å². The summed E-state index contributed by atoms with van der Waals surface area (Å²) in [6.07, 6.45) is 4.04. The number of halogens is 1. The van der Waals surface area contributed by atoms with Gasteiger partial charge >= 0.3 is 0 Å². The van der Waals surface area contributed by atoms with E-state index in [1.807, 2.05) is 24.3 Å². The molecule has 0 radical (unpaired) electrons. The number of hydrogen-bond donors (Lipinski definition) is 2. The summed E-state index contributed by atoms with van der Waals surface area (Å²) in [7, 11) is 0. The minimum absolute atomic E-state index is 0.123. The maximum absolute atomic E-state index is 12.2. The fourth-order valence-electron chi connectivity index (χ4n) is 2.69. The van der Waals surface area contributed by atoms with Crippen molar-refractivity contribution in [3.8, 4) is 6.07 Å². The maximum atomic E-state index is 12.2. The molecule has 1 aliphatic heterocycles. The van der Waals surface area contributed by atoms with Crippen molar-refractivity contribution in [3.05, 3.63) is 39.9 Å². The van der Waals surface area contributed by atoms with E-state index in [2.05, 4.69) is 10.6 Å². The van der Waals surface area contributed by atoms with Crippen LogP contribution in [0.5, 0.6) is 0 Å². The molecule has 0 aromatic heterocycles. The van der Waals surface area contributed by atoms with Gasteiger partial charge in [0.05, 0.1) is 20.6 Å². The molecule has 4 nitrogen and oxygen atoms in total. The molecule has 0 atom stereocenters. The molecule has 3 rings (SSSR count). The van der Waals surface area contributed by atoms with Crippen LogP contribution in [0.2, 0.25) is 5.02 Å². The number of thioether (sulfide) groups is 1. The largest absolute Gasteiger partial charge is 0.348 e. The number of anilines is 1. The molecule has 1 fully saturated rings. The van der Waals surface area contributed by atoms with Gasteiger partial charge in [0.1, 0.15) is 11.6 Å². The molecule has 1 aromatic carbocycles. The van der Waals surface area contributed by atoms with Crippen molar-refractivity contribution in [2.75, 3.05) is 5.32 Å². The number of nitrogens with one attached hydrogen (secondary N) is 2. The van der Waals surface area contributed by atoms with Gasteiger partial charge in [0, 0.05) is 0 Å². The van der Waals surface area contributed by atoms with Crippen LogP contribution in [0.15, 0.2) is 34.9 Å². The molecule has 1 aromatic rings. The van der Waals surface area contributed by atoms with E-state index in [-0.39, 0.29) is 16.4 Å². The maximum Gasteiger partial charge on any atom is 0.265 e. The molecule has 1 aliphatic carbocycles. The standard InChI is InChI=1S/C15H14ClN3OS/c16-11-5-1-2-6-12(11)18-14-10(9-17)13(20)19-15(21-14)7-3-4-8-15/h1-2,5-6,18H,3-4,7-8H2,(H,19,20). The molecule has 0 saturated heterocycles. The molecule has 2 aliphatic rings. The second-order valence-corrected chi connectivity index (χ2v) is 6.98. The van der Waals surface area contributed by atoms with Gasteiger partial charge < -0.3 is 10.6 Å². The highest BCUT2D eigenvalue weighted by atomic mass is 35.5. The highest BCUT2D eigenvalue weighted by Gasteiger charge is 2.42. The quantitative estimate of drug-likeness (QED) is 0.873. The highest BCUT2D eigenvalue weighted by molar-refractivity contribution is 8.04. The molecule has 2 N–H and O–H groups in total. The molecule has 1 saturated carbocycles. The molecule has 108 valence electrons. The number of carbonyl (C=O) groups is 1. The van der Waals surface area contributed by atoms with E-state index in [0.29, 0.717) is 15.7 Å². The molecule has 0 unspecified atom stereocenters.